The highest BCUT2D eigenvalue weighted by atomic mass is 35.5. The summed E-state index contributed by atoms with van der Waals surface area (Å²) in [5.41, 5.74) is 0.255. The number of hydrogen-bond donors (Lipinski definition) is 0. The molecule has 0 saturated heterocycles. The molecule has 0 aliphatic carbocycles. The summed E-state index contributed by atoms with van der Waals surface area (Å²) in [5.74, 6) is -0.0611. The van der Waals surface area contributed by atoms with E-state index in [1.807, 2.05) is 0 Å². The van der Waals surface area contributed by atoms with Crippen LogP contribution in [0.25, 0.3) is 0 Å². The van der Waals surface area contributed by atoms with E-state index in [1.54, 1.807) is 20.8 Å². The van der Waals surface area contributed by atoms with Gasteiger partial charge in [0.15, 0.2) is 0 Å². The average Bonchev–Trinajstić information content (AvgIpc) is 2.27. The number of nitrogens with zero attached hydrogens (tertiary/aromatic N) is 1. The molecule has 0 saturated carbocycles. The Balaban J connectivity index is 2.98. The van der Waals surface area contributed by atoms with Crippen LogP contribution in [0.4, 0.5) is 8.78 Å². The molecule has 0 N–H and O–H groups in total. The molecule has 1 rings (SSSR count). The van der Waals surface area contributed by atoms with Crippen molar-refractivity contribution in [2.24, 2.45) is 4.40 Å². The molecule has 3 nitrogen and oxygen atoms in total. The minimum Gasteiger partial charge on any atom is -0.591 e. The van der Waals surface area contributed by atoms with E-state index in [0.717, 1.165) is 0 Å². The summed E-state index contributed by atoms with van der Waals surface area (Å²) in [6.45, 7) is 2.33. The highest BCUT2D eigenvalue weighted by Gasteiger charge is 2.26. The third kappa shape index (κ3) is 5.34. The molecule has 0 aliphatic rings. The van der Waals surface area contributed by atoms with Crippen LogP contribution in [0.3, 0.4) is 0 Å². The lowest BCUT2D eigenvalue weighted by Crippen LogP contribution is -2.25. The van der Waals surface area contributed by atoms with Gasteiger partial charge in [-0.2, -0.15) is 8.78 Å². The van der Waals surface area contributed by atoms with Crippen molar-refractivity contribution in [3.8, 4) is 5.75 Å². The molecule has 0 heterocycles. The number of halogens is 3. The van der Waals surface area contributed by atoms with E-state index in [2.05, 4.69) is 9.13 Å². The first-order valence-corrected chi connectivity index (χ1v) is 6.89. The fraction of sp³-hybridized carbons (Fsp3) is 0.417. The van der Waals surface area contributed by atoms with Crippen LogP contribution in [-0.4, -0.2) is 22.1 Å². The minimum absolute atomic E-state index is 0.0611. The zero-order valence-corrected chi connectivity index (χ0v) is 12.3. The second-order valence-corrected chi connectivity index (χ2v) is 7.03. The van der Waals surface area contributed by atoms with Crippen LogP contribution in [0.15, 0.2) is 22.6 Å². The summed E-state index contributed by atoms with van der Waals surface area (Å²) in [6, 6.07) is 4.16. The third-order valence-electron chi connectivity index (χ3n) is 2.00. The molecule has 0 aromatic heterocycles. The number of hydrogen-bond acceptors (Lipinski definition) is 3. The Hall–Kier alpha value is -0.850. The molecule has 1 atom stereocenters. The predicted molar refractivity (Wildman–Crippen MR) is 73.6 cm³/mol. The standard InChI is InChI=1S/C12H14ClF2NO2S/c1-12(2,3)19(17)16-7-8-6-9(13)4-5-10(8)18-11(14)15/h4-7,11H,1-3H3/b16-7+. The first kappa shape index (κ1) is 16.2. The van der Waals surface area contributed by atoms with Gasteiger partial charge < -0.3 is 9.29 Å². The van der Waals surface area contributed by atoms with Crippen molar-refractivity contribution in [2.75, 3.05) is 0 Å². The molecule has 7 heteroatoms. The minimum atomic E-state index is -2.94. The lowest BCUT2D eigenvalue weighted by Gasteiger charge is -2.17. The molecule has 0 aliphatic heterocycles. The number of rotatable bonds is 4. The monoisotopic (exact) mass is 309 g/mol. The number of benzene rings is 1. The lowest BCUT2D eigenvalue weighted by molar-refractivity contribution is -0.0499. The topological polar surface area (TPSA) is 44.7 Å². The van der Waals surface area contributed by atoms with Crippen LogP contribution in [0.5, 0.6) is 5.75 Å². The highest BCUT2D eigenvalue weighted by Crippen LogP contribution is 2.24. The molecule has 0 fully saturated rings. The van der Waals surface area contributed by atoms with Crippen LogP contribution >= 0.6 is 11.6 Å². The van der Waals surface area contributed by atoms with Gasteiger partial charge in [0.2, 0.25) is 0 Å². The van der Waals surface area contributed by atoms with Crippen molar-refractivity contribution in [1.29, 1.82) is 0 Å². The maximum atomic E-state index is 12.2. The van der Waals surface area contributed by atoms with Gasteiger partial charge in [-0.3, -0.25) is 0 Å². The zero-order valence-electron chi connectivity index (χ0n) is 10.7. The van der Waals surface area contributed by atoms with E-state index in [0.29, 0.717) is 5.02 Å². The van der Waals surface area contributed by atoms with Crippen LogP contribution in [0, 0.1) is 0 Å². The molecule has 0 bridgehead atoms. The van der Waals surface area contributed by atoms with E-state index in [9.17, 15) is 13.3 Å². The summed E-state index contributed by atoms with van der Waals surface area (Å²) in [6.07, 6.45) is 1.23. The molecule has 106 valence electrons. The second kappa shape index (κ2) is 6.54. The van der Waals surface area contributed by atoms with Crippen molar-refractivity contribution >= 4 is 29.2 Å². The maximum Gasteiger partial charge on any atom is 0.387 e. The van der Waals surface area contributed by atoms with Gasteiger partial charge in [0, 0.05) is 10.6 Å². The number of alkyl halides is 2. The molecule has 1 aromatic carbocycles. The summed E-state index contributed by atoms with van der Waals surface area (Å²) in [4.78, 5) is 0. The fourth-order valence-corrected chi connectivity index (χ4v) is 1.79. The van der Waals surface area contributed by atoms with Gasteiger partial charge in [0.05, 0.1) is 6.21 Å². The summed E-state index contributed by atoms with van der Waals surface area (Å²) in [5, 5.41) is 0.351. The normalized spacial score (nSPS) is 14.1. The molecule has 1 aromatic rings. The van der Waals surface area contributed by atoms with Gasteiger partial charge in [-0.05, 0) is 39.0 Å². The van der Waals surface area contributed by atoms with Crippen LogP contribution in [0.1, 0.15) is 26.3 Å². The molecule has 1 unspecified atom stereocenters. The Bertz CT molecular complexity index is 464. The predicted octanol–water partition coefficient (Wildman–Crippen LogP) is 3.82. The Kier molecular flexibility index (Phi) is 5.58. The fourth-order valence-electron chi connectivity index (χ4n) is 1.09. The molecule has 0 spiro atoms. The van der Waals surface area contributed by atoms with E-state index < -0.39 is 22.7 Å². The molecule has 0 radical (unpaired) electrons. The smallest absolute Gasteiger partial charge is 0.387 e. The Morgan fingerprint density at radius 3 is 2.58 bits per heavy atom. The Morgan fingerprint density at radius 1 is 1.42 bits per heavy atom. The van der Waals surface area contributed by atoms with Gasteiger partial charge >= 0.3 is 6.61 Å². The summed E-state index contributed by atoms with van der Waals surface area (Å²) < 4.78 is 43.9. The summed E-state index contributed by atoms with van der Waals surface area (Å²) >= 11 is 4.30. The van der Waals surface area contributed by atoms with E-state index in [1.165, 1.54) is 24.4 Å². The molecule has 19 heavy (non-hydrogen) atoms. The van der Waals surface area contributed by atoms with Gasteiger partial charge in [-0.1, -0.05) is 16.0 Å². The zero-order chi connectivity index (χ0) is 14.6. The lowest BCUT2D eigenvalue weighted by atomic mass is 10.2. The largest absolute Gasteiger partial charge is 0.591 e. The SMILES string of the molecule is CC(C)(C)[S+]([O-])/N=C/c1cc(Cl)ccc1OC(F)F. The van der Waals surface area contributed by atoms with Gasteiger partial charge in [0.1, 0.15) is 21.9 Å². The van der Waals surface area contributed by atoms with Crippen molar-refractivity contribution < 1.29 is 18.1 Å². The molecular weight excluding hydrogens is 296 g/mol. The van der Waals surface area contributed by atoms with Crippen molar-refractivity contribution in [3.05, 3.63) is 28.8 Å². The average molecular weight is 310 g/mol. The first-order valence-electron chi connectivity index (χ1n) is 5.40. The van der Waals surface area contributed by atoms with Crippen LogP contribution in [-0.2, 0) is 11.4 Å². The Labute approximate surface area is 118 Å². The quantitative estimate of drug-likeness (QED) is 0.627. The Morgan fingerprint density at radius 2 is 2.05 bits per heavy atom. The highest BCUT2D eigenvalue weighted by molar-refractivity contribution is 7.91. The van der Waals surface area contributed by atoms with E-state index in [-0.39, 0.29) is 11.3 Å². The summed E-state index contributed by atoms with van der Waals surface area (Å²) in [7, 11) is 0. The van der Waals surface area contributed by atoms with E-state index in [4.69, 9.17) is 11.6 Å². The third-order valence-corrected chi connectivity index (χ3v) is 3.58. The number of ether oxygens (including phenoxy) is 1. The van der Waals surface area contributed by atoms with Crippen molar-refractivity contribution in [1.82, 2.24) is 0 Å². The van der Waals surface area contributed by atoms with E-state index >= 15 is 0 Å². The van der Waals surface area contributed by atoms with Crippen molar-refractivity contribution in [2.45, 2.75) is 32.1 Å². The second-order valence-electron chi connectivity index (χ2n) is 4.66. The molecular formula is C12H14ClF2NO2S. The van der Waals surface area contributed by atoms with Crippen molar-refractivity contribution in [3.63, 3.8) is 0 Å². The van der Waals surface area contributed by atoms with Gasteiger partial charge in [-0.25, -0.2) is 0 Å². The van der Waals surface area contributed by atoms with Gasteiger partial charge in [0.25, 0.3) is 0 Å². The maximum absolute atomic E-state index is 12.2. The van der Waals surface area contributed by atoms with Crippen LogP contribution < -0.4 is 4.74 Å². The van der Waals surface area contributed by atoms with Gasteiger partial charge in [-0.15, -0.1) is 0 Å². The molecule has 0 amide bonds. The first-order chi connectivity index (χ1) is 8.70. The van der Waals surface area contributed by atoms with Crippen LogP contribution in [0.2, 0.25) is 5.02 Å².